The number of aromatic nitrogens is 1. The smallest absolute Gasteiger partial charge is 0.102 e. The molecule has 254 valence electrons. The average molecular weight is 660 g/mol. The van der Waals surface area contributed by atoms with E-state index in [1.54, 1.807) is 0 Å². The Morgan fingerprint density at radius 3 is 1.24 bits per heavy atom. The Morgan fingerprint density at radius 2 is 0.800 bits per heavy atom. The first-order valence-corrected chi connectivity index (χ1v) is 17.7. The summed E-state index contributed by atoms with van der Waals surface area (Å²) >= 11 is 0. The molecule has 1 aromatic heterocycles. The molecule has 4 aromatic carbocycles. The molecule has 0 bridgehead atoms. The largest absolute Gasteiger partial charge is 0.322 e. The van der Waals surface area contributed by atoms with Gasteiger partial charge in [-0.3, -0.25) is 9.98 Å². The van der Waals surface area contributed by atoms with Crippen molar-refractivity contribution in [2.75, 3.05) is 9.80 Å². The lowest BCUT2D eigenvalue weighted by atomic mass is 9.83. The Labute approximate surface area is 298 Å². The predicted molar refractivity (Wildman–Crippen MR) is 213 cm³/mol. The van der Waals surface area contributed by atoms with Gasteiger partial charge in [-0.15, -0.1) is 0 Å². The minimum Gasteiger partial charge on any atom is -0.322 e. The highest BCUT2D eigenvalue weighted by Crippen LogP contribution is 2.44. The highest BCUT2D eigenvalue weighted by Gasteiger charge is 2.49. The van der Waals surface area contributed by atoms with Crippen LogP contribution in [0.3, 0.4) is 0 Å². The zero-order chi connectivity index (χ0) is 35.6. The van der Waals surface area contributed by atoms with E-state index in [9.17, 15) is 0 Å². The van der Waals surface area contributed by atoms with Gasteiger partial charge in [0.2, 0.25) is 0 Å². The molecule has 2 aliphatic heterocycles. The van der Waals surface area contributed by atoms with Gasteiger partial charge in [-0.1, -0.05) is 72.8 Å². The maximum absolute atomic E-state index is 5.39. The molecule has 0 fully saturated rings. The van der Waals surface area contributed by atoms with E-state index in [2.05, 4.69) is 194 Å². The molecule has 0 radical (unpaired) electrons. The summed E-state index contributed by atoms with van der Waals surface area (Å²) in [7, 11) is 0. The van der Waals surface area contributed by atoms with Crippen molar-refractivity contribution >= 4 is 23.0 Å². The first-order chi connectivity index (χ1) is 23.6. The number of amidine groups is 2. The average Bonchev–Trinajstić information content (AvgIpc) is 3.36. The molecule has 0 saturated carbocycles. The lowest BCUT2D eigenvalue weighted by Gasteiger charge is -2.41. The molecule has 0 amide bonds. The van der Waals surface area contributed by atoms with Crippen LogP contribution in [-0.4, -0.2) is 38.8 Å². The molecule has 0 unspecified atom stereocenters. The summed E-state index contributed by atoms with van der Waals surface area (Å²) in [5, 5.41) is 0. The minimum atomic E-state index is -0.213. The third-order valence-electron chi connectivity index (χ3n) is 11.6. The van der Waals surface area contributed by atoms with E-state index in [4.69, 9.17) is 15.0 Å². The molecule has 50 heavy (non-hydrogen) atoms. The van der Waals surface area contributed by atoms with Crippen molar-refractivity contribution in [2.24, 2.45) is 9.98 Å². The number of hydrogen-bond acceptors (Lipinski definition) is 5. The van der Waals surface area contributed by atoms with Crippen LogP contribution in [0.1, 0.15) is 69.2 Å². The Kier molecular flexibility index (Phi) is 7.89. The van der Waals surface area contributed by atoms with Crippen LogP contribution in [0.15, 0.2) is 125 Å². The molecule has 5 aromatic rings. The maximum Gasteiger partial charge on any atom is 0.102 e. The van der Waals surface area contributed by atoms with Gasteiger partial charge in [0.05, 0.1) is 33.5 Å². The van der Waals surface area contributed by atoms with Crippen LogP contribution in [-0.2, 0) is 0 Å². The molecular formula is C45H49N5. The van der Waals surface area contributed by atoms with E-state index in [1.165, 1.54) is 11.1 Å². The Morgan fingerprint density at radius 1 is 0.400 bits per heavy atom. The first-order valence-electron chi connectivity index (χ1n) is 17.7. The third kappa shape index (κ3) is 5.53. The van der Waals surface area contributed by atoms with Crippen molar-refractivity contribution in [1.29, 1.82) is 0 Å². The van der Waals surface area contributed by atoms with Gasteiger partial charge in [-0.2, -0.15) is 0 Å². The van der Waals surface area contributed by atoms with Gasteiger partial charge in [0.25, 0.3) is 0 Å². The predicted octanol–water partition coefficient (Wildman–Crippen LogP) is 11.3. The number of nitrogens with zero attached hydrogens (tertiary/aromatic N) is 5. The molecular weight excluding hydrogens is 611 g/mol. The van der Waals surface area contributed by atoms with Crippen molar-refractivity contribution < 1.29 is 0 Å². The minimum absolute atomic E-state index is 0.187. The third-order valence-corrected chi connectivity index (χ3v) is 11.6. The molecule has 0 spiro atoms. The number of pyridine rings is 1. The standard InChI is InChI=1S/C45H49N5/c1-30-47-42(3,4)44(7,8)49(30)38-23-15-21-35(26-38)40-28-37(34-20-14-19-33(25-34)32-17-12-11-13-18-32)29-41(46-40)36-22-16-24-39(27-36)50-31(2)48-43(5,6)45(50,9)10/h11-29H,1-10H3. The summed E-state index contributed by atoms with van der Waals surface area (Å²) in [6.07, 6.45) is 0. The second-order valence-electron chi connectivity index (χ2n) is 15.9. The Balaban J connectivity index is 1.37. The topological polar surface area (TPSA) is 44.1 Å². The van der Waals surface area contributed by atoms with Gasteiger partial charge in [0.15, 0.2) is 0 Å². The maximum atomic E-state index is 5.39. The SMILES string of the molecule is CC1=NC(C)(C)C(C)(C)N1c1cccc(-c2cc(-c3cccc(-c4ccccc4)c3)cc(-c3cccc(N4C(C)=NC(C)(C)C4(C)C)c3)n2)c1. The van der Waals surface area contributed by atoms with Crippen molar-refractivity contribution in [3.63, 3.8) is 0 Å². The van der Waals surface area contributed by atoms with Crippen LogP contribution in [0.2, 0.25) is 0 Å². The molecule has 5 nitrogen and oxygen atoms in total. The fourth-order valence-electron chi connectivity index (χ4n) is 7.67. The lowest BCUT2D eigenvalue weighted by Crippen LogP contribution is -2.53. The van der Waals surface area contributed by atoms with Gasteiger partial charge in [-0.25, -0.2) is 4.98 Å². The van der Waals surface area contributed by atoms with E-state index in [-0.39, 0.29) is 22.2 Å². The first kappa shape index (κ1) is 33.5. The number of anilines is 2. The van der Waals surface area contributed by atoms with Gasteiger partial charge < -0.3 is 9.80 Å². The molecule has 5 heteroatoms. The van der Waals surface area contributed by atoms with Gasteiger partial charge in [0, 0.05) is 22.5 Å². The molecule has 0 atom stereocenters. The van der Waals surface area contributed by atoms with Gasteiger partial charge in [0.1, 0.15) is 11.7 Å². The van der Waals surface area contributed by atoms with Crippen LogP contribution in [0.4, 0.5) is 11.4 Å². The molecule has 3 heterocycles. The van der Waals surface area contributed by atoms with E-state index in [1.807, 2.05) is 0 Å². The number of benzene rings is 4. The summed E-state index contributed by atoms with van der Waals surface area (Å²) in [4.78, 5) is 20.2. The number of rotatable bonds is 6. The van der Waals surface area contributed by atoms with E-state index < -0.39 is 0 Å². The van der Waals surface area contributed by atoms with E-state index >= 15 is 0 Å². The molecule has 2 aliphatic rings. The number of hydrogen-bond donors (Lipinski definition) is 0. The second-order valence-corrected chi connectivity index (χ2v) is 15.9. The molecule has 0 N–H and O–H groups in total. The fraction of sp³-hybridized carbons (Fsp3) is 0.311. The van der Waals surface area contributed by atoms with Crippen LogP contribution < -0.4 is 9.80 Å². The highest BCUT2D eigenvalue weighted by molar-refractivity contribution is 6.01. The summed E-state index contributed by atoms with van der Waals surface area (Å²) in [6, 6.07) is 41.4. The summed E-state index contributed by atoms with van der Waals surface area (Å²) < 4.78 is 0. The van der Waals surface area contributed by atoms with Crippen molar-refractivity contribution in [2.45, 2.75) is 91.4 Å². The van der Waals surface area contributed by atoms with E-state index in [0.29, 0.717) is 0 Å². The molecule has 0 aliphatic carbocycles. The second kappa shape index (κ2) is 11.8. The summed E-state index contributed by atoms with van der Waals surface area (Å²) in [5.74, 6) is 2.06. The monoisotopic (exact) mass is 659 g/mol. The zero-order valence-corrected chi connectivity index (χ0v) is 31.2. The Hall–Kier alpha value is -5.03. The van der Waals surface area contributed by atoms with Crippen LogP contribution in [0.25, 0.3) is 44.8 Å². The zero-order valence-electron chi connectivity index (χ0n) is 31.2. The van der Waals surface area contributed by atoms with Crippen LogP contribution in [0, 0.1) is 0 Å². The highest BCUT2D eigenvalue weighted by atomic mass is 15.3. The van der Waals surface area contributed by atoms with Crippen molar-refractivity contribution in [3.8, 4) is 44.8 Å². The fourth-order valence-corrected chi connectivity index (χ4v) is 7.67. The van der Waals surface area contributed by atoms with Gasteiger partial charge >= 0.3 is 0 Å². The van der Waals surface area contributed by atoms with Crippen molar-refractivity contribution in [3.05, 3.63) is 115 Å². The van der Waals surface area contributed by atoms with Crippen LogP contribution >= 0.6 is 0 Å². The van der Waals surface area contributed by atoms with Crippen LogP contribution in [0.5, 0.6) is 0 Å². The normalized spacial score (nSPS) is 18.6. The Bertz CT molecular complexity index is 2040. The van der Waals surface area contributed by atoms with Crippen molar-refractivity contribution in [1.82, 2.24) is 4.98 Å². The molecule has 0 saturated heterocycles. The lowest BCUT2D eigenvalue weighted by molar-refractivity contribution is 0.338. The quantitative estimate of drug-likeness (QED) is 0.182. The summed E-state index contributed by atoms with van der Waals surface area (Å²) in [5.41, 5.74) is 10.1. The van der Waals surface area contributed by atoms with E-state index in [0.717, 1.165) is 56.7 Å². The summed E-state index contributed by atoms with van der Waals surface area (Å²) in [6.45, 7) is 22.2. The molecule has 7 rings (SSSR count). The number of aliphatic imine (C=N–C) groups is 2. The van der Waals surface area contributed by atoms with Gasteiger partial charge in [-0.05, 0) is 134 Å².